The molecule has 0 aliphatic heterocycles. The Bertz CT molecular complexity index is 828. The molecule has 0 saturated heterocycles. The molecule has 2 aromatic rings. The van der Waals surface area contributed by atoms with E-state index in [1.807, 2.05) is 6.07 Å². The van der Waals surface area contributed by atoms with E-state index in [0.29, 0.717) is 10.2 Å². The largest absolute Gasteiger partial charge is 0.398 e. The van der Waals surface area contributed by atoms with E-state index >= 15 is 0 Å². The van der Waals surface area contributed by atoms with Crippen molar-refractivity contribution in [2.24, 2.45) is 0 Å². The first-order valence-electron chi connectivity index (χ1n) is 5.91. The highest BCUT2D eigenvalue weighted by Crippen LogP contribution is 2.29. The Morgan fingerprint density at radius 2 is 1.90 bits per heavy atom. The van der Waals surface area contributed by atoms with Crippen LogP contribution < -0.4 is 10.0 Å². The van der Waals surface area contributed by atoms with Crippen LogP contribution in [0.3, 0.4) is 0 Å². The summed E-state index contributed by atoms with van der Waals surface area (Å²) in [7, 11) is -2.44. The van der Waals surface area contributed by atoms with Crippen LogP contribution in [0, 0.1) is 11.3 Å². The zero-order valence-corrected chi connectivity index (χ0v) is 13.5. The molecule has 0 aromatic heterocycles. The van der Waals surface area contributed by atoms with Crippen molar-refractivity contribution in [2.75, 3.05) is 17.1 Å². The first-order valence-corrected chi connectivity index (χ1v) is 8.14. The fraction of sp³-hybridized carbons (Fsp3) is 0.0714. The molecular weight excluding hydrogens is 354 g/mol. The van der Waals surface area contributed by atoms with Gasteiger partial charge in [0.1, 0.15) is 11.0 Å². The number of nitriles is 1. The third-order valence-corrected chi connectivity index (χ3v) is 5.31. The SMILES string of the molecule is CN(c1ccccc1C#N)S(=O)(=O)c1ccc(Br)cc1N. The van der Waals surface area contributed by atoms with Gasteiger partial charge in [-0.25, -0.2) is 8.42 Å². The van der Waals surface area contributed by atoms with Crippen molar-refractivity contribution in [1.29, 1.82) is 5.26 Å². The molecular formula is C14H12BrN3O2S. The highest BCUT2D eigenvalue weighted by Gasteiger charge is 2.25. The van der Waals surface area contributed by atoms with Gasteiger partial charge in [0.15, 0.2) is 0 Å². The second-order valence-corrected chi connectivity index (χ2v) is 7.14. The first kappa shape index (κ1) is 15.4. The van der Waals surface area contributed by atoms with Crippen molar-refractivity contribution >= 4 is 37.3 Å². The summed E-state index contributed by atoms with van der Waals surface area (Å²) >= 11 is 3.24. The Morgan fingerprint density at radius 1 is 1.24 bits per heavy atom. The maximum atomic E-state index is 12.7. The van der Waals surface area contributed by atoms with Crippen LogP contribution in [0.1, 0.15) is 5.56 Å². The van der Waals surface area contributed by atoms with Gasteiger partial charge in [0.05, 0.1) is 16.9 Å². The monoisotopic (exact) mass is 365 g/mol. The minimum Gasteiger partial charge on any atom is -0.398 e. The number of nitrogens with two attached hydrogens (primary N) is 1. The minimum absolute atomic E-state index is 0.000873. The third-order valence-electron chi connectivity index (χ3n) is 2.97. The van der Waals surface area contributed by atoms with Crippen molar-refractivity contribution in [3.8, 4) is 6.07 Å². The topological polar surface area (TPSA) is 87.2 Å². The van der Waals surface area contributed by atoms with E-state index in [-0.39, 0.29) is 16.1 Å². The highest BCUT2D eigenvalue weighted by molar-refractivity contribution is 9.10. The number of para-hydroxylation sites is 1. The molecule has 2 rings (SSSR count). The molecule has 0 radical (unpaired) electrons. The lowest BCUT2D eigenvalue weighted by Crippen LogP contribution is -2.28. The highest BCUT2D eigenvalue weighted by atomic mass is 79.9. The quantitative estimate of drug-likeness (QED) is 0.847. The molecule has 0 aliphatic carbocycles. The number of nitrogen functional groups attached to an aromatic ring is 1. The summed E-state index contributed by atoms with van der Waals surface area (Å²) in [6, 6.07) is 13.0. The van der Waals surface area contributed by atoms with Gasteiger partial charge in [-0.2, -0.15) is 5.26 Å². The summed E-state index contributed by atoms with van der Waals surface area (Å²) in [6.07, 6.45) is 0. The van der Waals surface area contributed by atoms with Crippen molar-refractivity contribution in [3.05, 3.63) is 52.5 Å². The summed E-state index contributed by atoms with van der Waals surface area (Å²) in [6.45, 7) is 0. The van der Waals surface area contributed by atoms with Crippen molar-refractivity contribution in [1.82, 2.24) is 0 Å². The Balaban J connectivity index is 2.56. The van der Waals surface area contributed by atoms with Crippen LogP contribution in [0.4, 0.5) is 11.4 Å². The van der Waals surface area contributed by atoms with Gasteiger partial charge >= 0.3 is 0 Å². The third kappa shape index (κ3) is 2.86. The average Bonchev–Trinajstić information content (AvgIpc) is 2.46. The molecule has 0 bridgehead atoms. The first-order chi connectivity index (χ1) is 9.87. The van der Waals surface area contributed by atoms with E-state index in [1.165, 1.54) is 19.2 Å². The number of sulfonamides is 1. The summed E-state index contributed by atoms with van der Waals surface area (Å²) < 4.78 is 27.1. The number of nitrogens with zero attached hydrogens (tertiary/aromatic N) is 2. The van der Waals surface area contributed by atoms with Crippen molar-refractivity contribution in [2.45, 2.75) is 4.90 Å². The fourth-order valence-electron chi connectivity index (χ4n) is 1.87. The molecule has 0 fully saturated rings. The number of hydrogen-bond acceptors (Lipinski definition) is 4. The molecule has 5 nitrogen and oxygen atoms in total. The molecule has 2 aromatic carbocycles. The number of hydrogen-bond donors (Lipinski definition) is 1. The zero-order chi connectivity index (χ0) is 15.6. The molecule has 0 atom stereocenters. The van der Waals surface area contributed by atoms with E-state index in [9.17, 15) is 8.42 Å². The molecule has 7 heteroatoms. The van der Waals surface area contributed by atoms with Crippen LogP contribution >= 0.6 is 15.9 Å². The van der Waals surface area contributed by atoms with E-state index in [1.54, 1.807) is 30.3 Å². The molecule has 0 aliphatic rings. The van der Waals surface area contributed by atoms with Gasteiger partial charge in [0.2, 0.25) is 0 Å². The van der Waals surface area contributed by atoms with Gasteiger partial charge in [0, 0.05) is 11.5 Å². The number of rotatable bonds is 3. The molecule has 0 spiro atoms. The maximum Gasteiger partial charge on any atom is 0.266 e. The fourth-order valence-corrected chi connectivity index (χ4v) is 3.56. The van der Waals surface area contributed by atoms with E-state index in [2.05, 4.69) is 15.9 Å². The second kappa shape index (κ2) is 5.76. The number of benzene rings is 2. The van der Waals surface area contributed by atoms with E-state index in [4.69, 9.17) is 11.0 Å². The van der Waals surface area contributed by atoms with Crippen molar-refractivity contribution in [3.63, 3.8) is 0 Å². The lowest BCUT2D eigenvalue weighted by atomic mass is 10.2. The predicted octanol–water partition coefficient (Wildman–Crippen LogP) is 2.73. The summed E-state index contributed by atoms with van der Waals surface area (Å²) in [5.74, 6) is 0. The molecule has 0 heterocycles. The Kier molecular flexibility index (Phi) is 4.21. The molecule has 0 saturated carbocycles. The van der Waals surface area contributed by atoms with Gasteiger partial charge in [-0.3, -0.25) is 4.31 Å². The van der Waals surface area contributed by atoms with Crippen LogP contribution in [0.2, 0.25) is 0 Å². The Morgan fingerprint density at radius 3 is 2.52 bits per heavy atom. The smallest absolute Gasteiger partial charge is 0.266 e. The van der Waals surface area contributed by atoms with Crippen LogP contribution in [0.25, 0.3) is 0 Å². The van der Waals surface area contributed by atoms with Gasteiger partial charge < -0.3 is 5.73 Å². The van der Waals surface area contributed by atoms with Crippen molar-refractivity contribution < 1.29 is 8.42 Å². The molecule has 108 valence electrons. The van der Waals surface area contributed by atoms with E-state index in [0.717, 1.165) is 4.31 Å². The molecule has 21 heavy (non-hydrogen) atoms. The van der Waals surface area contributed by atoms with Gasteiger partial charge in [-0.05, 0) is 30.3 Å². The zero-order valence-electron chi connectivity index (χ0n) is 11.1. The van der Waals surface area contributed by atoms with Crippen LogP contribution in [-0.2, 0) is 10.0 Å². The maximum absolute atomic E-state index is 12.7. The Labute approximate surface area is 131 Å². The summed E-state index contributed by atoms with van der Waals surface area (Å²) in [5.41, 5.74) is 6.52. The van der Waals surface area contributed by atoms with Gasteiger partial charge in [0.25, 0.3) is 10.0 Å². The predicted molar refractivity (Wildman–Crippen MR) is 85.3 cm³/mol. The molecule has 0 unspecified atom stereocenters. The van der Waals surface area contributed by atoms with Crippen LogP contribution in [0.15, 0.2) is 51.8 Å². The number of anilines is 2. The summed E-state index contributed by atoms with van der Waals surface area (Å²) in [4.78, 5) is 0.000873. The number of halogens is 1. The van der Waals surface area contributed by atoms with Gasteiger partial charge in [-0.1, -0.05) is 28.1 Å². The average molecular weight is 366 g/mol. The molecule has 0 amide bonds. The Hall–Kier alpha value is -2.04. The molecule has 2 N–H and O–H groups in total. The van der Waals surface area contributed by atoms with Crippen LogP contribution in [-0.4, -0.2) is 15.5 Å². The minimum atomic E-state index is -3.84. The normalized spacial score (nSPS) is 10.9. The lowest BCUT2D eigenvalue weighted by molar-refractivity contribution is 0.594. The second-order valence-electron chi connectivity index (χ2n) is 4.28. The standard InChI is InChI=1S/C14H12BrN3O2S/c1-18(13-5-3-2-4-10(13)9-16)21(19,20)14-7-6-11(15)8-12(14)17/h2-8H,17H2,1H3. The van der Waals surface area contributed by atoms with Crippen LogP contribution in [0.5, 0.6) is 0 Å². The van der Waals surface area contributed by atoms with Gasteiger partial charge in [-0.15, -0.1) is 0 Å². The van der Waals surface area contributed by atoms with E-state index < -0.39 is 10.0 Å². The summed E-state index contributed by atoms with van der Waals surface area (Å²) in [5, 5.41) is 9.09. The lowest BCUT2D eigenvalue weighted by Gasteiger charge is -2.21.